The minimum atomic E-state index is -0.0820. The second-order valence-electron chi connectivity index (χ2n) is 4.84. The molecule has 1 aliphatic rings. The maximum absolute atomic E-state index is 9.01. The topological polar surface area (TPSA) is 35.5 Å². The molecule has 0 aliphatic carbocycles. The molecule has 1 rings (SSSR count). The van der Waals surface area contributed by atoms with E-state index in [0.717, 1.165) is 26.3 Å². The summed E-state index contributed by atoms with van der Waals surface area (Å²) in [6, 6.07) is 0. The first kappa shape index (κ1) is 9.96. The first-order valence-corrected chi connectivity index (χ1v) is 4.58. The van der Waals surface area contributed by atoms with E-state index in [-0.39, 0.29) is 6.10 Å². The number of hydrogen-bond acceptors (Lipinski definition) is 3. The Kier molecular flexibility index (Phi) is 3.09. The Morgan fingerprint density at radius 1 is 1.42 bits per heavy atom. The lowest BCUT2D eigenvalue weighted by Gasteiger charge is -2.36. The molecule has 1 fully saturated rings. The Labute approximate surface area is 74.8 Å². The highest BCUT2D eigenvalue weighted by Gasteiger charge is 2.23. The molecule has 3 heteroatoms. The van der Waals surface area contributed by atoms with E-state index in [1.807, 2.05) is 0 Å². The standard InChI is InChI=1S/C9H20N2O/c1-9(2,3)6-10-7-11-4-8(12)5-11/h8,10,12H,4-7H2,1-3H3. The highest BCUT2D eigenvalue weighted by atomic mass is 16.3. The van der Waals surface area contributed by atoms with Gasteiger partial charge in [0.15, 0.2) is 0 Å². The normalized spacial score (nSPS) is 21.0. The van der Waals surface area contributed by atoms with Gasteiger partial charge in [-0.2, -0.15) is 0 Å². The molecule has 1 aliphatic heterocycles. The molecule has 0 aromatic rings. The SMILES string of the molecule is CC(C)(C)CNCN1CC(O)C1. The van der Waals surface area contributed by atoms with Crippen molar-refractivity contribution in [2.75, 3.05) is 26.3 Å². The fourth-order valence-electron chi connectivity index (χ4n) is 1.26. The molecule has 0 atom stereocenters. The summed E-state index contributed by atoms with van der Waals surface area (Å²) in [5.74, 6) is 0. The summed E-state index contributed by atoms with van der Waals surface area (Å²) >= 11 is 0. The number of hydrogen-bond donors (Lipinski definition) is 2. The zero-order valence-corrected chi connectivity index (χ0v) is 8.30. The fourth-order valence-corrected chi connectivity index (χ4v) is 1.26. The number of nitrogens with one attached hydrogen (secondary N) is 1. The van der Waals surface area contributed by atoms with Crippen LogP contribution < -0.4 is 5.32 Å². The lowest BCUT2D eigenvalue weighted by Crippen LogP contribution is -2.54. The summed E-state index contributed by atoms with van der Waals surface area (Å²) in [5, 5.41) is 12.4. The monoisotopic (exact) mass is 172 g/mol. The third kappa shape index (κ3) is 3.52. The molecule has 0 radical (unpaired) electrons. The first-order valence-electron chi connectivity index (χ1n) is 4.58. The lowest BCUT2D eigenvalue weighted by molar-refractivity contribution is -0.00345. The minimum Gasteiger partial charge on any atom is -0.390 e. The average molecular weight is 172 g/mol. The molecule has 0 saturated carbocycles. The molecule has 0 bridgehead atoms. The van der Waals surface area contributed by atoms with Crippen molar-refractivity contribution in [1.82, 2.24) is 10.2 Å². The number of nitrogens with zero attached hydrogens (tertiary/aromatic N) is 1. The van der Waals surface area contributed by atoms with Crippen molar-refractivity contribution in [3.63, 3.8) is 0 Å². The van der Waals surface area contributed by atoms with Gasteiger partial charge >= 0.3 is 0 Å². The summed E-state index contributed by atoms with van der Waals surface area (Å²) in [4.78, 5) is 2.20. The molecule has 72 valence electrons. The number of aliphatic hydroxyl groups is 1. The van der Waals surface area contributed by atoms with Crippen LogP contribution in [0.1, 0.15) is 20.8 Å². The van der Waals surface area contributed by atoms with Gasteiger partial charge in [-0.15, -0.1) is 0 Å². The van der Waals surface area contributed by atoms with E-state index in [1.165, 1.54) is 0 Å². The Balaban J connectivity index is 1.97. The molecule has 1 heterocycles. The van der Waals surface area contributed by atoms with Gasteiger partial charge in [-0.05, 0) is 5.41 Å². The summed E-state index contributed by atoms with van der Waals surface area (Å²) in [6.45, 7) is 10.2. The van der Waals surface area contributed by atoms with Gasteiger partial charge in [-0.3, -0.25) is 4.90 Å². The third-order valence-corrected chi connectivity index (χ3v) is 1.93. The van der Waals surface area contributed by atoms with Crippen molar-refractivity contribution in [2.45, 2.75) is 26.9 Å². The van der Waals surface area contributed by atoms with Crippen LogP contribution in [0.4, 0.5) is 0 Å². The molecule has 1 saturated heterocycles. The number of aliphatic hydroxyl groups excluding tert-OH is 1. The fraction of sp³-hybridized carbons (Fsp3) is 1.00. The van der Waals surface area contributed by atoms with Crippen LogP contribution in [0, 0.1) is 5.41 Å². The van der Waals surface area contributed by atoms with Crippen LogP contribution in [0.5, 0.6) is 0 Å². The Morgan fingerprint density at radius 3 is 2.42 bits per heavy atom. The highest BCUT2D eigenvalue weighted by molar-refractivity contribution is 4.78. The van der Waals surface area contributed by atoms with Crippen LogP contribution in [0.25, 0.3) is 0 Å². The first-order chi connectivity index (χ1) is 5.47. The molecule has 3 nitrogen and oxygen atoms in total. The highest BCUT2D eigenvalue weighted by Crippen LogP contribution is 2.11. The Bertz CT molecular complexity index is 136. The average Bonchev–Trinajstić information content (AvgIpc) is 1.81. The van der Waals surface area contributed by atoms with Crippen molar-refractivity contribution < 1.29 is 5.11 Å². The predicted molar refractivity (Wildman–Crippen MR) is 49.9 cm³/mol. The van der Waals surface area contributed by atoms with E-state index < -0.39 is 0 Å². The van der Waals surface area contributed by atoms with Crippen molar-refractivity contribution >= 4 is 0 Å². The van der Waals surface area contributed by atoms with Gasteiger partial charge in [0.25, 0.3) is 0 Å². The second kappa shape index (κ2) is 3.73. The molecule has 0 aromatic carbocycles. The molecule has 0 unspecified atom stereocenters. The van der Waals surface area contributed by atoms with Gasteiger partial charge in [-0.25, -0.2) is 0 Å². The zero-order chi connectivity index (χ0) is 9.19. The maximum atomic E-state index is 9.01. The summed E-state index contributed by atoms with van der Waals surface area (Å²) in [7, 11) is 0. The lowest BCUT2D eigenvalue weighted by atomic mass is 9.97. The summed E-state index contributed by atoms with van der Waals surface area (Å²) in [5.41, 5.74) is 0.351. The van der Waals surface area contributed by atoms with Crippen molar-refractivity contribution in [3.8, 4) is 0 Å². The van der Waals surface area contributed by atoms with Gasteiger partial charge < -0.3 is 10.4 Å². The minimum absolute atomic E-state index is 0.0820. The van der Waals surface area contributed by atoms with E-state index in [2.05, 4.69) is 31.0 Å². The van der Waals surface area contributed by atoms with E-state index in [0.29, 0.717) is 5.41 Å². The Morgan fingerprint density at radius 2 is 2.00 bits per heavy atom. The summed E-state index contributed by atoms with van der Waals surface area (Å²) < 4.78 is 0. The molecular weight excluding hydrogens is 152 g/mol. The summed E-state index contributed by atoms with van der Waals surface area (Å²) in [6.07, 6.45) is -0.0820. The molecular formula is C9H20N2O. The molecule has 2 N–H and O–H groups in total. The number of β-amino-alcohol motifs (C(OH)–C–C–N with tert-alkyl or cyclic N) is 1. The Hall–Kier alpha value is -0.120. The largest absolute Gasteiger partial charge is 0.390 e. The van der Waals surface area contributed by atoms with Crippen LogP contribution in [0.2, 0.25) is 0 Å². The smallest absolute Gasteiger partial charge is 0.0794 e. The van der Waals surface area contributed by atoms with Gasteiger partial charge in [0, 0.05) is 26.3 Å². The van der Waals surface area contributed by atoms with E-state index in [9.17, 15) is 0 Å². The van der Waals surface area contributed by atoms with E-state index >= 15 is 0 Å². The van der Waals surface area contributed by atoms with Crippen LogP contribution in [-0.4, -0.2) is 42.4 Å². The molecule has 0 aromatic heterocycles. The van der Waals surface area contributed by atoms with Gasteiger partial charge in [0.2, 0.25) is 0 Å². The van der Waals surface area contributed by atoms with Gasteiger partial charge in [0.1, 0.15) is 0 Å². The van der Waals surface area contributed by atoms with E-state index in [4.69, 9.17) is 5.11 Å². The van der Waals surface area contributed by atoms with Gasteiger partial charge in [-0.1, -0.05) is 20.8 Å². The molecule has 0 amide bonds. The van der Waals surface area contributed by atoms with E-state index in [1.54, 1.807) is 0 Å². The number of rotatable bonds is 3. The van der Waals surface area contributed by atoms with Crippen molar-refractivity contribution in [3.05, 3.63) is 0 Å². The predicted octanol–water partition coefficient (Wildman–Crippen LogP) is 0.256. The van der Waals surface area contributed by atoms with Crippen molar-refractivity contribution in [1.29, 1.82) is 0 Å². The zero-order valence-electron chi connectivity index (χ0n) is 8.30. The van der Waals surface area contributed by atoms with Crippen molar-refractivity contribution in [2.24, 2.45) is 5.41 Å². The van der Waals surface area contributed by atoms with Crippen LogP contribution in [-0.2, 0) is 0 Å². The van der Waals surface area contributed by atoms with Crippen LogP contribution >= 0.6 is 0 Å². The third-order valence-electron chi connectivity index (χ3n) is 1.93. The number of likely N-dealkylation sites (tertiary alicyclic amines) is 1. The van der Waals surface area contributed by atoms with Gasteiger partial charge in [0.05, 0.1) is 6.10 Å². The van der Waals surface area contributed by atoms with Crippen LogP contribution in [0.15, 0.2) is 0 Å². The molecule has 0 spiro atoms. The van der Waals surface area contributed by atoms with Crippen LogP contribution in [0.3, 0.4) is 0 Å². The maximum Gasteiger partial charge on any atom is 0.0794 e. The molecule has 12 heavy (non-hydrogen) atoms. The second-order valence-corrected chi connectivity index (χ2v) is 4.84. The quantitative estimate of drug-likeness (QED) is 0.641.